The summed E-state index contributed by atoms with van der Waals surface area (Å²) in [6.07, 6.45) is -1.08. The Morgan fingerprint density at radius 2 is 2.31 bits per heavy atom. The molecular formula is C9H9NO3. The highest BCUT2D eigenvalue weighted by Crippen LogP contribution is 2.25. The summed E-state index contributed by atoms with van der Waals surface area (Å²) in [5.41, 5.74) is 2.04. The van der Waals surface area contributed by atoms with E-state index in [-0.39, 0.29) is 0 Å². The molecule has 2 N–H and O–H groups in total. The quantitative estimate of drug-likeness (QED) is 0.644. The van der Waals surface area contributed by atoms with E-state index in [2.05, 4.69) is 10.1 Å². The van der Waals surface area contributed by atoms with Gasteiger partial charge < -0.3 is 15.2 Å². The highest BCUT2D eigenvalue weighted by atomic mass is 16.7. The number of para-hydroxylation sites is 1. The average Bonchev–Trinajstić information content (AvgIpc) is 2.44. The Bertz CT molecular complexity index is 312. The number of anilines is 1. The normalized spacial score (nSPS) is 18.9. The van der Waals surface area contributed by atoms with E-state index in [9.17, 15) is 4.79 Å². The Morgan fingerprint density at radius 3 is 3.00 bits per heavy atom. The molecule has 0 amide bonds. The van der Waals surface area contributed by atoms with Crippen LogP contribution in [0.2, 0.25) is 0 Å². The minimum absolute atomic E-state index is 0.435. The van der Waals surface area contributed by atoms with Crippen molar-refractivity contribution in [2.24, 2.45) is 0 Å². The molecule has 0 aliphatic carbocycles. The molecule has 1 atom stereocenters. The lowest BCUT2D eigenvalue weighted by molar-refractivity contribution is 0.0651. The van der Waals surface area contributed by atoms with E-state index in [0.29, 0.717) is 6.42 Å². The molecule has 4 heteroatoms. The van der Waals surface area contributed by atoms with Crippen molar-refractivity contribution >= 4 is 11.8 Å². The summed E-state index contributed by atoms with van der Waals surface area (Å²) in [5.74, 6) is 0. The maximum absolute atomic E-state index is 10.2. The van der Waals surface area contributed by atoms with E-state index < -0.39 is 12.4 Å². The van der Waals surface area contributed by atoms with Crippen molar-refractivity contribution in [3.05, 3.63) is 29.8 Å². The van der Waals surface area contributed by atoms with Gasteiger partial charge in [-0.1, -0.05) is 18.2 Å². The third-order valence-corrected chi connectivity index (χ3v) is 1.98. The molecule has 0 spiro atoms. The predicted molar refractivity (Wildman–Crippen MR) is 46.7 cm³/mol. The molecule has 0 aromatic heterocycles. The second-order valence-corrected chi connectivity index (χ2v) is 2.88. The molecule has 1 aromatic carbocycles. The summed E-state index contributed by atoms with van der Waals surface area (Å²) in [6, 6.07) is 7.67. The first-order chi connectivity index (χ1) is 6.25. The lowest BCUT2D eigenvalue weighted by Crippen LogP contribution is -2.22. The molecule has 1 aliphatic heterocycles. The fraction of sp³-hybridized carbons (Fsp3) is 0.222. The molecule has 1 heterocycles. The maximum atomic E-state index is 10.2. The van der Waals surface area contributed by atoms with Crippen LogP contribution >= 0.6 is 0 Å². The Hall–Kier alpha value is -1.71. The van der Waals surface area contributed by atoms with Gasteiger partial charge in [-0.15, -0.1) is 0 Å². The van der Waals surface area contributed by atoms with Gasteiger partial charge in [0.15, 0.2) is 6.23 Å². The molecule has 13 heavy (non-hydrogen) atoms. The van der Waals surface area contributed by atoms with Crippen molar-refractivity contribution in [2.75, 3.05) is 5.32 Å². The Morgan fingerprint density at radius 1 is 1.54 bits per heavy atom. The highest BCUT2D eigenvalue weighted by molar-refractivity contribution is 5.60. The minimum atomic E-state index is -1.25. The second-order valence-electron chi connectivity index (χ2n) is 2.88. The summed E-state index contributed by atoms with van der Waals surface area (Å²) in [6.45, 7) is 0. The van der Waals surface area contributed by atoms with Crippen molar-refractivity contribution in [3.63, 3.8) is 0 Å². The molecule has 4 nitrogen and oxygen atoms in total. The van der Waals surface area contributed by atoms with Crippen LogP contribution < -0.4 is 5.32 Å². The Kier molecular flexibility index (Phi) is 1.81. The monoisotopic (exact) mass is 179 g/mol. The van der Waals surface area contributed by atoms with Gasteiger partial charge in [0.1, 0.15) is 0 Å². The molecule has 2 rings (SSSR count). The van der Waals surface area contributed by atoms with E-state index >= 15 is 0 Å². The number of carbonyl (C=O) groups is 1. The van der Waals surface area contributed by atoms with Gasteiger partial charge >= 0.3 is 6.16 Å². The molecule has 0 saturated carbocycles. The first-order valence-electron chi connectivity index (χ1n) is 4.00. The van der Waals surface area contributed by atoms with Crippen LogP contribution in [-0.4, -0.2) is 17.5 Å². The summed E-state index contributed by atoms with van der Waals surface area (Å²) >= 11 is 0. The lowest BCUT2D eigenvalue weighted by Gasteiger charge is -2.08. The van der Waals surface area contributed by atoms with Gasteiger partial charge in [0.25, 0.3) is 0 Å². The fourth-order valence-electron chi connectivity index (χ4n) is 1.46. The molecule has 0 bridgehead atoms. The predicted octanol–water partition coefficient (Wildman–Crippen LogP) is 1.68. The fourth-order valence-corrected chi connectivity index (χ4v) is 1.46. The van der Waals surface area contributed by atoms with Crippen LogP contribution in [0.3, 0.4) is 0 Å². The van der Waals surface area contributed by atoms with Gasteiger partial charge in [-0.3, -0.25) is 0 Å². The van der Waals surface area contributed by atoms with Crippen molar-refractivity contribution in [1.29, 1.82) is 0 Å². The molecular weight excluding hydrogens is 170 g/mol. The summed E-state index contributed by atoms with van der Waals surface area (Å²) in [7, 11) is 0. The molecule has 0 radical (unpaired) electrons. The number of fused-ring (bicyclic) bond motifs is 1. The van der Waals surface area contributed by atoms with Crippen molar-refractivity contribution in [3.8, 4) is 0 Å². The summed E-state index contributed by atoms with van der Waals surface area (Å²) in [5, 5.41) is 11.4. The number of ether oxygens (including phenoxy) is 1. The van der Waals surface area contributed by atoms with Gasteiger partial charge in [-0.2, -0.15) is 0 Å². The van der Waals surface area contributed by atoms with Gasteiger partial charge in [0.2, 0.25) is 0 Å². The van der Waals surface area contributed by atoms with Crippen LogP contribution in [0, 0.1) is 0 Å². The SMILES string of the molecule is O=C(O)O[C@@H]1Cc2ccccc2N1. The summed E-state index contributed by atoms with van der Waals surface area (Å²) in [4.78, 5) is 10.2. The van der Waals surface area contributed by atoms with E-state index in [1.807, 2.05) is 24.3 Å². The molecule has 1 aliphatic rings. The molecule has 0 fully saturated rings. The van der Waals surface area contributed by atoms with Crippen molar-refractivity contribution < 1.29 is 14.6 Å². The minimum Gasteiger partial charge on any atom is -0.450 e. The van der Waals surface area contributed by atoms with E-state index in [0.717, 1.165) is 11.3 Å². The van der Waals surface area contributed by atoms with Gasteiger partial charge in [-0.05, 0) is 11.6 Å². The number of nitrogens with one attached hydrogen (secondary N) is 1. The van der Waals surface area contributed by atoms with Crippen LogP contribution in [0.1, 0.15) is 5.56 Å². The van der Waals surface area contributed by atoms with Gasteiger partial charge in [0.05, 0.1) is 0 Å². The number of benzene rings is 1. The lowest BCUT2D eigenvalue weighted by atomic mass is 10.2. The standard InChI is InChI=1S/C9H9NO3/c11-9(12)13-8-5-6-3-1-2-4-7(6)10-8/h1-4,8,10H,5H2,(H,11,12)/t8-/m1/s1. The van der Waals surface area contributed by atoms with Crippen LogP contribution in [0.5, 0.6) is 0 Å². The number of hydrogen-bond donors (Lipinski definition) is 2. The van der Waals surface area contributed by atoms with E-state index in [1.54, 1.807) is 0 Å². The largest absolute Gasteiger partial charge is 0.507 e. The smallest absolute Gasteiger partial charge is 0.450 e. The topological polar surface area (TPSA) is 58.6 Å². The zero-order chi connectivity index (χ0) is 9.26. The Labute approximate surface area is 75.1 Å². The van der Waals surface area contributed by atoms with Gasteiger partial charge in [-0.25, -0.2) is 4.79 Å². The third kappa shape index (κ3) is 1.56. The molecule has 0 saturated heterocycles. The first-order valence-corrected chi connectivity index (χ1v) is 4.00. The molecule has 1 aromatic rings. The van der Waals surface area contributed by atoms with E-state index in [1.165, 1.54) is 0 Å². The number of rotatable bonds is 1. The number of hydrogen-bond acceptors (Lipinski definition) is 3. The van der Waals surface area contributed by atoms with Crippen molar-refractivity contribution in [2.45, 2.75) is 12.6 Å². The first kappa shape index (κ1) is 7.91. The number of carboxylic acid groups (broad SMARTS) is 1. The maximum Gasteiger partial charge on any atom is 0.507 e. The molecule has 68 valence electrons. The summed E-state index contributed by atoms with van der Waals surface area (Å²) < 4.78 is 4.60. The van der Waals surface area contributed by atoms with Crippen LogP contribution in [-0.2, 0) is 11.2 Å². The van der Waals surface area contributed by atoms with E-state index in [4.69, 9.17) is 5.11 Å². The van der Waals surface area contributed by atoms with Crippen LogP contribution in [0.25, 0.3) is 0 Å². The van der Waals surface area contributed by atoms with Crippen LogP contribution in [0.4, 0.5) is 10.5 Å². The van der Waals surface area contributed by atoms with Crippen molar-refractivity contribution in [1.82, 2.24) is 0 Å². The second kappa shape index (κ2) is 2.97. The zero-order valence-electron chi connectivity index (χ0n) is 6.86. The Balaban J connectivity index is 2.09. The van der Waals surface area contributed by atoms with Crippen LogP contribution in [0.15, 0.2) is 24.3 Å². The van der Waals surface area contributed by atoms with Gasteiger partial charge in [0, 0.05) is 12.1 Å². The highest BCUT2D eigenvalue weighted by Gasteiger charge is 2.22. The third-order valence-electron chi connectivity index (χ3n) is 1.98. The average molecular weight is 179 g/mol. The molecule has 0 unspecified atom stereocenters. The zero-order valence-corrected chi connectivity index (χ0v) is 6.86.